The van der Waals surface area contributed by atoms with Gasteiger partial charge in [-0.1, -0.05) is 30.3 Å². The number of carboxylic acids is 1. The van der Waals surface area contributed by atoms with Crippen LogP contribution in [-0.2, 0) is 4.79 Å². The van der Waals surface area contributed by atoms with E-state index >= 15 is 0 Å². The van der Waals surface area contributed by atoms with Crippen LogP contribution in [0.1, 0.15) is 12.8 Å². The van der Waals surface area contributed by atoms with Gasteiger partial charge in [0.25, 0.3) is 0 Å². The first-order valence-electron chi connectivity index (χ1n) is 5.61. The van der Waals surface area contributed by atoms with E-state index in [9.17, 15) is 4.79 Å². The van der Waals surface area contributed by atoms with Crippen LogP contribution >= 0.6 is 0 Å². The summed E-state index contributed by atoms with van der Waals surface area (Å²) in [5, 5.41) is 11.2. The van der Waals surface area contributed by atoms with E-state index in [4.69, 9.17) is 9.84 Å². The summed E-state index contributed by atoms with van der Waals surface area (Å²) in [4.78, 5) is 11.0. The predicted molar refractivity (Wildman–Crippen MR) is 64.2 cm³/mol. The number of aliphatic carboxylic acids is 1. The van der Waals surface area contributed by atoms with Crippen molar-refractivity contribution in [2.24, 2.45) is 0 Å². The second-order valence-corrected chi connectivity index (χ2v) is 4.41. The molecule has 0 amide bonds. The van der Waals surface area contributed by atoms with Crippen LogP contribution in [0.2, 0.25) is 0 Å². The Morgan fingerprint density at radius 3 is 2.47 bits per heavy atom. The van der Waals surface area contributed by atoms with E-state index in [1.165, 1.54) is 0 Å². The molecule has 0 bridgehead atoms. The van der Waals surface area contributed by atoms with E-state index in [2.05, 4.69) is 0 Å². The zero-order valence-electron chi connectivity index (χ0n) is 9.22. The lowest BCUT2D eigenvalue weighted by molar-refractivity contribution is -0.147. The van der Waals surface area contributed by atoms with Crippen molar-refractivity contribution in [1.82, 2.24) is 0 Å². The van der Waals surface area contributed by atoms with Crippen LogP contribution < -0.4 is 4.74 Å². The second-order valence-electron chi connectivity index (χ2n) is 4.41. The van der Waals surface area contributed by atoms with Crippen molar-refractivity contribution >= 4 is 16.7 Å². The Kier molecular flexibility index (Phi) is 2.08. The molecule has 1 fully saturated rings. The molecular weight excluding hydrogens is 216 g/mol. The van der Waals surface area contributed by atoms with Gasteiger partial charge in [-0.3, -0.25) is 0 Å². The second kappa shape index (κ2) is 3.48. The molecule has 0 atom stereocenters. The Balaban J connectivity index is 1.94. The lowest BCUT2D eigenvalue weighted by Crippen LogP contribution is -2.28. The Bertz CT molecular complexity index is 585. The highest BCUT2D eigenvalue weighted by Gasteiger charge is 2.53. The minimum Gasteiger partial charge on any atom is -0.478 e. The molecule has 0 aromatic heterocycles. The first-order chi connectivity index (χ1) is 8.20. The summed E-state index contributed by atoms with van der Waals surface area (Å²) in [5.74, 6) is -0.241. The fraction of sp³-hybridized carbons (Fsp3) is 0.214. The van der Waals surface area contributed by atoms with Gasteiger partial charge in [-0.2, -0.15) is 0 Å². The highest BCUT2D eigenvalue weighted by atomic mass is 16.5. The molecule has 2 aromatic carbocycles. The molecule has 17 heavy (non-hydrogen) atoms. The lowest BCUT2D eigenvalue weighted by atomic mass is 10.1. The van der Waals surface area contributed by atoms with Crippen LogP contribution in [0.3, 0.4) is 0 Å². The molecule has 86 valence electrons. The van der Waals surface area contributed by atoms with Gasteiger partial charge in [-0.05, 0) is 22.9 Å². The molecule has 3 nitrogen and oxygen atoms in total. The fourth-order valence-electron chi connectivity index (χ4n) is 1.93. The van der Waals surface area contributed by atoms with Crippen molar-refractivity contribution in [1.29, 1.82) is 0 Å². The minimum atomic E-state index is -0.970. The third kappa shape index (κ3) is 1.73. The number of hydrogen-bond acceptors (Lipinski definition) is 2. The maximum absolute atomic E-state index is 11.0. The predicted octanol–water partition coefficient (Wildman–Crippen LogP) is 2.84. The van der Waals surface area contributed by atoms with E-state index in [0.717, 1.165) is 10.8 Å². The average Bonchev–Trinajstić information content (AvgIpc) is 3.10. The number of fused-ring (bicyclic) bond motifs is 1. The molecule has 0 saturated heterocycles. The van der Waals surface area contributed by atoms with Gasteiger partial charge in [0.15, 0.2) is 0 Å². The van der Waals surface area contributed by atoms with Crippen molar-refractivity contribution < 1.29 is 14.6 Å². The van der Waals surface area contributed by atoms with Gasteiger partial charge in [0.1, 0.15) is 5.75 Å². The molecule has 0 radical (unpaired) electrons. The smallest absolute Gasteiger partial charge is 0.348 e. The first kappa shape index (κ1) is 10.1. The van der Waals surface area contributed by atoms with Crippen LogP contribution in [0.25, 0.3) is 10.8 Å². The van der Waals surface area contributed by atoms with E-state index in [1.807, 2.05) is 42.5 Å². The Morgan fingerprint density at radius 2 is 1.82 bits per heavy atom. The minimum absolute atomic E-state index is 0.592. The number of benzene rings is 2. The van der Waals surface area contributed by atoms with Crippen LogP contribution in [0.15, 0.2) is 42.5 Å². The van der Waals surface area contributed by atoms with E-state index in [1.54, 1.807) is 0 Å². The van der Waals surface area contributed by atoms with Crippen LogP contribution in [0, 0.1) is 0 Å². The van der Waals surface area contributed by atoms with Crippen molar-refractivity contribution in [2.45, 2.75) is 18.4 Å². The summed E-state index contributed by atoms with van der Waals surface area (Å²) in [6.45, 7) is 0. The monoisotopic (exact) mass is 228 g/mol. The van der Waals surface area contributed by atoms with E-state index < -0.39 is 11.6 Å². The van der Waals surface area contributed by atoms with Gasteiger partial charge in [0, 0.05) is 12.8 Å². The summed E-state index contributed by atoms with van der Waals surface area (Å²) in [6.07, 6.45) is 1.18. The average molecular weight is 228 g/mol. The maximum atomic E-state index is 11.0. The third-order valence-electron chi connectivity index (χ3n) is 3.13. The largest absolute Gasteiger partial charge is 0.478 e. The quantitative estimate of drug-likeness (QED) is 0.878. The zero-order chi connectivity index (χ0) is 11.9. The fourth-order valence-corrected chi connectivity index (χ4v) is 1.93. The van der Waals surface area contributed by atoms with Crippen LogP contribution in [0.5, 0.6) is 5.75 Å². The molecule has 1 N–H and O–H groups in total. The Hall–Kier alpha value is -2.03. The summed E-state index contributed by atoms with van der Waals surface area (Å²) >= 11 is 0. The van der Waals surface area contributed by atoms with Crippen molar-refractivity contribution in [3.63, 3.8) is 0 Å². The Labute approximate surface area is 98.6 Å². The molecule has 3 rings (SSSR count). The molecule has 0 heterocycles. The van der Waals surface area contributed by atoms with Gasteiger partial charge < -0.3 is 9.84 Å². The highest BCUT2D eigenvalue weighted by Crippen LogP contribution is 2.40. The van der Waals surface area contributed by atoms with Crippen molar-refractivity contribution in [2.75, 3.05) is 0 Å². The van der Waals surface area contributed by atoms with Crippen molar-refractivity contribution in [3.05, 3.63) is 42.5 Å². The van der Waals surface area contributed by atoms with E-state index in [0.29, 0.717) is 18.6 Å². The summed E-state index contributed by atoms with van der Waals surface area (Å²) in [5.41, 5.74) is -0.970. The summed E-state index contributed by atoms with van der Waals surface area (Å²) < 4.78 is 5.58. The maximum Gasteiger partial charge on any atom is 0.348 e. The highest BCUT2D eigenvalue weighted by molar-refractivity contribution is 5.84. The Morgan fingerprint density at radius 1 is 1.12 bits per heavy atom. The molecule has 1 aliphatic rings. The number of ether oxygens (including phenoxy) is 1. The lowest BCUT2D eigenvalue weighted by Gasteiger charge is -2.13. The number of hydrogen-bond donors (Lipinski definition) is 1. The summed E-state index contributed by atoms with van der Waals surface area (Å²) in [6, 6.07) is 13.6. The molecule has 0 unspecified atom stereocenters. The molecular formula is C14H12O3. The van der Waals surface area contributed by atoms with Gasteiger partial charge in [-0.15, -0.1) is 0 Å². The zero-order valence-corrected chi connectivity index (χ0v) is 9.22. The van der Waals surface area contributed by atoms with Crippen LogP contribution in [-0.4, -0.2) is 16.7 Å². The van der Waals surface area contributed by atoms with Gasteiger partial charge in [-0.25, -0.2) is 4.79 Å². The van der Waals surface area contributed by atoms with Crippen LogP contribution in [0.4, 0.5) is 0 Å². The SMILES string of the molecule is O=C(O)C1(Oc2ccc3ccccc3c2)CC1. The molecule has 1 aliphatic carbocycles. The standard InChI is InChI=1S/C14H12O3/c15-13(16)14(7-8-14)17-12-6-5-10-3-1-2-4-11(10)9-12/h1-6,9H,7-8H2,(H,15,16). The molecule has 0 aliphatic heterocycles. The van der Waals surface area contributed by atoms with Crippen molar-refractivity contribution in [3.8, 4) is 5.75 Å². The molecule has 0 spiro atoms. The first-order valence-corrected chi connectivity index (χ1v) is 5.61. The normalized spacial score (nSPS) is 16.7. The number of rotatable bonds is 3. The topological polar surface area (TPSA) is 46.5 Å². The molecule has 1 saturated carbocycles. The number of carbonyl (C=O) groups is 1. The molecule has 2 aromatic rings. The summed E-state index contributed by atoms with van der Waals surface area (Å²) in [7, 11) is 0. The molecule has 3 heteroatoms. The van der Waals surface area contributed by atoms with Gasteiger partial charge in [0.05, 0.1) is 0 Å². The van der Waals surface area contributed by atoms with Gasteiger partial charge >= 0.3 is 5.97 Å². The van der Waals surface area contributed by atoms with Gasteiger partial charge in [0.2, 0.25) is 5.60 Å². The third-order valence-corrected chi connectivity index (χ3v) is 3.13. The number of carboxylic acid groups (broad SMARTS) is 1. The van der Waals surface area contributed by atoms with E-state index in [-0.39, 0.29) is 0 Å².